The molecule has 1 saturated heterocycles. The number of aromatic nitrogens is 2. The Balaban J connectivity index is 1.86. The maximum atomic E-state index is 11.6. The molecule has 1 aliphatic heterocycles. The molecule has 1 aromatic heterocycles. The molecule has 0 aliphatic carbocycles. The Morgan fingerprint density at radius 1 is 1.28 bits per heavy atom. The van der Waals surface area contributed by atoms with Crippen molar-refractivity contribution < 1.29 is 9.53 Å². The lowest BCUT2D eigenvalue weighted by atomic mass is 9.81. The van der Waals surface area contributed by atoms with Crippen molar-refractivity contribution in [3.05, 3.63) is 48.3 Å². The summed E-state index contributed by atoms with van der Waals surface area (Å²) < 4.78 is 8.29. The fourth-order valence-electron chi connectivity index (χ4n) is 3.39. The van der Waals surface area contributed by atoms with Gasteiger partial charge in [0.25, 0.3) is 0 Å². The molecule has 134 valence electrons. The van der Waals surface area contributed by atoms with E-state index >= 15 is 0 Å². The van der Waals surface area contributed by atoms with Crippen LogP contribution < -0.4 is 5.32 Å². The maximum absolute atomic E-state index is 11.6. The van der Waals surface area contributed by atoms with Crippen molar-refractivity contribution in [3.8, 4) is 5.69 Å². The van der Waals surface area contributed by atoms with Crippen LogP contribution in [0.4, 0.5) is 0 Å². The number of carbonyl (C=O) groups excluding carboxylic acids is 1. The molecular formula is C20H27N3O2. The zero-order valence-corrected chi connectivity index (χ0v) is 15.4. The molecule has 3 atom stereocenters. The monoisotopic (exact) mass is 341 g/mol. The van der Waals surface area contributed by atoms with Crippen LogP contribution in [0.15, 0.2) is 42.7 Å². The van der Waals surface area contributed by atoms with Crippen molar-refractivity contribution in [2.45, 2.75) is 58.8 Å². The van der Waals surface area contributed by atoms with Crippen molar-refractivity contribution in [2.75, 3.05) is 0 Å². The number of carbonyl (C=O) groups is 1. The van der Waals surface area contributed by atoms with E-state index in [1.54, 1.807) is 13.1 Å². The third kappa shape index (κ3) is 4.28. The average Bonchev–Trinajstić information content (AvgIpc) is 3.08. The summed E-state index contributed by atoms with van der Waals surface area (Å²) in [6, 6.07) is 10.3. The lowest BCUT2D eigenvalue weighted by Crippen LogP contribution is -2.46. The summed E-state index contributed by atoms with van der Waals surface area (Å²) in [5, 5.41) is 7.39. The van der Waals surface area contributed by atoms with Gasteiger partial charge in [-0.2, -0.15) is 5.10 Å². The highest BCUT2D eigenvalue weighted by molar-refractivity contribution is 5.73. The summed E-state index contributed by atoms with van der Waals surface area (Å²) in [7, 11) is 0. The van der Waals surface area contributed by atoms with Gasteiger partial charge in [0.05, 0.1) is 17.9 Å². The molecule has 1 aromatic carbocycles. The Labute approximate surface area is 149 Å². The highest BCUT2D eigenvalue weighted by Crippen LogP contribution is 2.38. The highest BCUT2D eigenvalue weighted by atomic mass is 16.5. The minimum atomic E-state index is -0.0367. The number of benzene rings is 1. The minimum absolute atomic E-state index is 0.0172. The number of nitrogens with zero attached hydrogens (tertiary/aromatic N) is 2. The van der Waals surface area contributed by atoms with Crippen LogP contribution in [0.25, 0.3) is 5.69 Å². The van der Waals surface area contributed by atoms with Crippen LogP contribution in [-0.2, 0) is 9.53 Å². The van der Waals surface area contributed by atoms with Crippen LogP contribution in [-0.4, -0.2) is 27.8 Å². The molecule has 2 heterocycles. The van der Waals surface area contributed by atoms with E-state index in [0.717, 1.165) is 24.1 Å². The predicted octanol–water partition coefficient (Wildman–Crippen LogP) is 3.64. The van der Waals surface area contributed by atoms with E-state index in [-0.39, 0.29) is 29.6 Å². The van der Waals surface area contributed by atoms with Crippen molar-refractivity contribution in [1.82, 2.24) is 15.1 Å². The standard InChI is InChI=1S/C20H27N3O2/c1-14(24)22-16-12-18(25-19(13-16)20(2,3)4)15-7-5-8-17(11-15)23-10-6-9-21-23/h5-11,16,18-19H,12-13H2,1-4H3,(H,22,24)/t16-,18-,19+/m0/s1. The molecule has 2 aromatic rings. The van der Waals surface area contributed by atoms with Crippen molar-refractivity contribution in [1.29, 1.82) is 0 Å². The van der Waals surface area contributed by atoms with Gasteiger partial charge >= 0.3 is 0 Å². The van der Waals surface area contributed by atoms with Crippen LogP contribution in [0.2, 0.25) is 0 Å². The van der Waals surface area contributed by atoms with Crippen LogP contribution in [0, 0.1) is 5.41 Å². The molecule has 25 heavy (non-hydrogen) atoms. The van der Waals surface area contributed by atoms with Gasteiger partial charge in [-0.05, 0) is 42.0 Å². The molecule has 0 radical (unpaired) electrons. The number of ether oxygens (including phenoxy) is 1. The molecule has 1 aliphatic rings. The molecule has 0 spiro atoms. The molecule has 5 nitrogen and oxygen atoms in total. The first-order valence-electron chi connectivity index (χ1n) is 8.85. The minimum Gasteiger partial charge on any atom is -0.370 e. The van der Waals surface area contributed by atoms with Crippen LogP contribution in [0.1, 0.15) is 52.2 Å². The fourth-order valence-corrected chi connectivity index (χ4v) is 3.39. The Morgan fingerprint density at radius 3 is 2.72 bits per heavy atom. The van der Waals surface area contributed by atoms with Gasteiger partial charge in [-0.3, -0.25) is 4.79 Å². The highest BCUT2D eigenvalue weighted by Gasteiger charge is 2.37. The van der Waals surface area contributed by atoms with Gasteiger partial charge in [0.1, 0.15) is 0 Å². The maximum Gasteiger partial charge on any atom is 0.217 e. The molecular weight excluding hydrogens is 314 g/mol. The Kier molecular flexibility index (Phi) is 4.95. The molecule has 1 amide bonds. The summed E-state index contributed by atoms with van der Waals surface area (Å²) >= 11 is 0. The molecule has 1 N–H and O–H groups in total. The average molecular weight is 341 g/mol. The van der Waals surface area contributed by atoms with Gasteiger partial charge in [-0.25, -0.2) is 4.68 Å². The summed E-state index contributed by atoms with van der Waals surface area (Å²) in [5.41, 5.74) is 2.16. The van der Waals surface area contributed by atoms with Crippen LogP contribution in [0.3, 0.4) is 0 Å². The third-order valence-corrected chi connectivity index (χ3v) is 4.71. The van der Waals surface area contributed by atoms with Crippen LogP contribution >= 0.6 is 0 Å². The first kappa shape index (κ1) is 17.7. The van der Waals surface area contributed by atoms with Gasteiger partial charge < -0.3 is 10.1 Å². The zero-order valence-electron chi connectivity index (χ0n) is 15.4. The Hall–Kier alpha value is -2.14. The SMILES string of the molecule is CC(=O)N[C@H]1C[C@@H](c2cccc(-n3cccn3)c2)O[C@@H](C(C)(C)C)C1. The van der Waals surface area contributed by atoms with Gasteiger partial charge in [-0.15, -0.1) is 0 Å². The Bertz CT molecular complexity index is 719. The topological polar surface area (TPSA) is 56.2 Å². The van der Waals surface area contributed by atoms with E-state index in [2.05, 4.69) is 43.3 Å². The van der Waals surface area contributed by atoms with E-state index < -0.39 is 0 Å². The van der Waals surface area contributed by atoms with E-state index in [1.165, 1.54) is 0 Å². The zero-order chi connectivity index (χ0) is 18.0. The molecule has 0 unspecified atom stereocenters. The van der Waals surface area contributed by atoms with Crippen molar-refractivity contribution in [2.24, 2.45) is 5.41 Å². The third-order valence-electron chi connectivity index (χ3n) is 4.71. The molecule has 0 bridgehead atoms. The van der Waals surface area contributed by atoms with Crippen molar-refractivity contribution >= 4 is 5.91 Å². The van der Waals surface area contributed by atoms with Crippen LogP contribution in [0.5, 0.6) is 0 Å². The van der Waals surface area contributed by atoms with E-state index in [0.29, 0.717) is 0 Å². The molecule has 1 fully saturated rings. The summed E-state index contributed by atoms with van der Waals surface area (Å²) in [4.78, 5) is 11.6. The predicted molar refractivity (Wildman–Crippen MR) is 97.5 cm³/mol. The quantitative estimate of drug-likeness (QED) is 0.927. The second-order valence-electron chi connectivity index (χ2n) is 7.89. The van der Waals surface area contributed by atoms with Gasteiger partial charge in [0.2, 0.25) is 5.91 Å². The van der Waals surface area contributed by atoms with Gasteiger partial charge in [0, 0.05) is 25.4 Å². The number of hydrogen-bond acceptors (Lipinski definition) is 3. The number of rotatable bonds is 3. The molecule has 0 saturated carbocycles. The van der Waals surface area contributed by atoms with E-state index in [4.69, 9.17) is 4.74 Å². The van der Waals surface area contributed by atoms with Gasteiger partial charge in [-0.1, -0.05) is 32.9 Å². The van der Waals surface area contributed by atoms with Gasteiger partial charge in [0.15, 0.2) is 0 Å². The second kappa shape index (κ2) is 7.00. The Morgan fingerprint density at radius 2 is 2.08 bits per heavy atom. The number of hydrogen-bond donors (Lipinski definition) is 1. The van der Waals surface area contributed by atoms with E-state index in [9.17, 15) is 4.79 Å². The first-order chi connectivity index (χ1) is 11.8. The smallest absolute Gasteiger partial charge is 0.217 e. The largest absolute Gasteiger partial charge is 0.370 e. The summed E-state index contributed by atoms with van der Waals surface area (Å²) in [5.74, 6) is 0.0172. The van der Waals surface area contributed by atoms with Crippen molar-refractivity contribution in [3.63, 3.8) is 0 Å². The summed E-state index contributed by atoms with van der Waals surface area (Å²) in [6.07, 6.45) is 5.39. The lowest BCUT2D eigenvalue weighted by molar-refractivity contribution is -0.127. The fraction of sp³-hybridized carbons (Fsp3) is 0.500. The summed E-state index contributed by atoms with van der Waals surface area (Å²) in [6.45, 7) is 8.13. The normalized spacial score (nSPS) is 24.1. The second-order valence-corrected chi connectivity index (χ2v) is 7.89. The van der Waals surface area contributed by atoms with E-state index in [1.807, 2.05) is 29.1 Å². The molecule has 3 rings (SSSR count). The number of nitrogens with one attached hydrogen (secondary N) is 1. The lowest BCUT2D eigenvalue weighted by Gasteiger charge is -2.42. The first-order valence-corrected chi connectivity index (χ1v) is 8.85. The molecule has 5 heteroatoms. The number of amides is 1.